The first-order valence-corrected chi connectivity index (χ1v) is 10.6. The first-order chi connectivity index (χ1) is 15.7. The highest BCUT2D eigenvalue weighted by atomic mass is 35.5. The van der Waals surface area contributed by atoms with Crippen molar-refractivity contribution in [3.05, 3.63) is 86.0 Å². The van der Waals surface area contributed by atoms with Crippen LogP contribution in [-0.2, 0) is 4.79 Å². The molecule has 11 heteroatoms. The molecule has 3 aromatic rings. The number of carboxylic acids is 1. The van der Waals surface area contributed by atoms with Gasteiger partial charge in [-0.25, -0.2) is 9.79 Å². The number of rotatable bonds is 5. The molecule has 1 aliphatic heterocycles. The van der Waals surface area contributed by atoms with E-state index in [1.54, 1.807) is 43.4 Å². The first kappa shape index (κ1) is 22.3. The maximum absolute atomic E-state index is 12.7. The molecule has 0 spiro atoms. The van der Waals surface area contributed by atoms with Gasteiger partial charge in [-0.1, -0.05) is 23.7 Å². The summed E-state index contributed by atoms with van der Waals surface area (Å²) in [5.41, 5.74) is 0.477. The summed E-state index contributed by atoms with van der Waals surface area (Å²) in [6.45, 7) is 0. The Bertz CT molecular complexity index is 1360. The van der Waals surface area contributed by atoms with Crippen molar-refractivity contribution < 1.29 is 24.0 Å². The fourth-order valence-electron chi connectivity index (χ4n) is 3.05. The summed E-state index contributed by atoms with van der Waals surface area (Å²) in [5.74, 6) is -0.865. The van der Waals surface area contributed by atoms with Crippen molar-refractivity contribution in [2.75, 3.05) is 7.05 Å². The summed E-state index contributed by atoms with van der Waals surface area (Å²) in [4.78, 5) is 40.8. The van der Waals surface area contributed by atoms with Crippen LogP contribution in [0.1, 0.15) is 16.1 Å². The van der Waals surface area contributed by atoms with E-state index in [0.29, 0.717) is 32.8 Å². The number of thioether (sulfide) groups is 1. The zero-order valence-corrected chi connectivity index (χ0v) is 18.5. The molecule has 9 nitrogen and oxygen atoms in total. The van der Waals surface area contributed by atoms with Gasteiger partial charge in [-0.05, 0) is 48.2 Å². The average Bonchev–Trinajstić information content (AvgIpc) is 3.35. The second-order valence-corrected chi connectivity index (χ2v) is 8.23. The van der Waals surface area contributed by atoms with Crippen LogP contribution < -0.4 is 0 Å². The number of carboxylic acid groups (broad SMARTS) is 1. The molecule has 4 rings (SSSR count). The number of nitro groups is 1. The lowest BCUT2D eigenvalue weighted by molar-refractivity contribution is -0.384. The van der Waals surface area contributed by atoms with Crippen molar-refractivity contribution in [2.45, 2.75) is 0 Å². The Morgan fingerprint density at radius 1 is 1.24 bits per heavy atom. The third-order valence-electron chi connectivity index (χ3n) is 4.68. The molecule has 33 heavy (non-hydrogen) atoms. The molecule has 1 saturated heterocycles. The lowest BCUT2D eigenvalue weighted by Crippen LogP contribution is -2.23. The number of para-hydroxylation sites is 1. The summed E-state index contributed by atoms with van der Waals surface area (Å²) < 4.78 is 5.73. The predicted molar refractivity (Wildman–Crippen MR) is 125 cm³/mol. The number of hydrogen-bond donors (Lipinski definition) is 1. The smallest absolute Gasteiger partial charge is 0.337 e. The minimum absolute atomic E-state index is 0.0859. The molecule has 2 aromatic carbocycles. The van der Waals surface area contributed by atoms with E-state index in [4.69, 9.17) is 16.0 Å². The molecular formula is C22H14ClN3O6S. The van der Waals surface area contributed by atoms with Gasteiger partial charge in [-0.3, -0.25) is 19.8 Å². The van der Waals surface area contributed by atoms with Gasteiger partial charge in [0.25, 0.3) is 11.6 Å². The normalized spacial score (nSPS) is 16.1. The van der Waals surface area contributed by atoms with Crippen molar-refractivity contribution in [3.8, 4) is 11.3 Å². The van der Waals surface area contributed by atoms with Crippen LogP contribution in [0.3, 0.4) is 0 Å². The Morgan fingerprint density at radius 3 is 2.73 bits per heavy atom. The Kier molecular flexibility index (Phi) is 6.03. The summed E-state index contributed by atoms with van der Waals surface area (Å²) in [6, 6.07) is 13.7. The molecule has 1 amide bonds. The van der Waals surface area contributed by atoms with Crippen molar-refractivity contribution in [2.24, 2.45) is 4.99 Å². The Hall–Kier alpha value is -3.89. The second kappa shape index (κ2) is 8.93. The van der Waals surface area contributed by atoms with E-state index < -0.39 is 10.9 Å². The van der Waals surface area contributed by atoms with Crippen LogP contribution in [0.5, 0.6) is 0 Å². The molecule has 0 atom stereocenters. The third-order valence-corrected chi connectivity index (χ3v) is 6.06. The van der Waals surface area contributed by atoms with Crippen LogP contribution in [0, 0.1) is 10.1 Å². The Morgan fingerprint density at radius 2 is 2.00 bits per heavy atom. The maximum Gasteiger partial charge on any atom is 0.337 e. The number of hydrogen-bond acceptors (Lipinski definition) is 7. The minimum Gasteiger partial charge on any atom is -0.478 e. The molecule has 0 aliphatic carbocycles. The highest BCUT2D eigenvalue weighted by molar-refractivity contribution is 8.18. The van der Waals surface area contributed by atoms with Gasteiger partial charge in [-0.2, -0.15) is 0 Å². The van der Waals surface area contributed by atoms with Gasteiger partial charge < -0.3 is 9.52 Å². The third kappa shape index (κ3) is 4.52. The van der Waals surface area contributed by atoms with Crippen molar-refractivity contribution in [3.63, 3.8) is 0 Å². The summed E-state index contributed by atoms with van der Waals surface area (Å²) in [5, 5.41) is 20.9. The molecule has 0 radical (unpaired) electrons. The lowest BCUT2D eigenvalue weighted by atomic mass is 10.1. The van der Waals surface area contributed by atoms with Crippen LogP contribution in [0.4, 0.5) is 11.4 Å². The van der Waals surface area contributed by atoms with E-state index in [9.17, 15) is 24.8 Å². The van der Waals surface area contributed by atoms with Crippen LogP contribution >= 0.6 is 23.4 Å². The largest absolute Gasteiger partial charge is 0.478 e. The van der Waals surface area contributed by atoms with E-state index in [-0.39, 0.29) is 22.2 Å². The number of benzene rings is 2. The Labute approximate surface area is 196 Å². The number of carbonyl (C=O) groups excluding carboxylic acids is 1. The number of nitro benzene ring substituents is 1. The first-order valence-electron chi connectivity index (χ1n) is 9.37. The highest BCUT2D eigenvalue weighted by Crippen LogP contribution is 2.36. The van der Waals surface area contributed by atoms with Gasteiger partial charge in [-0.15, -0.1) is 0 Å². The van der Waals surface area contributed by atoms with Gasteiger partial charge in [0.15, 0.2) is 5.17 Å². The maximum atomic E-state index is 12.7. The van der Waals surface area contributed by atoms with E-state index >= 15 is 0 Å². The van der Waals surface area contributed by atoms with Crippen LogP contribution in [0.15, 0.2) is 68.9 Å². The number of carbonyl (C=O) groups is 2. The van der Waals surface area contributed by atoms with Gasteiger partial charge >= 0.3 is 5.97 Å². The Balaban J connectivity index is 1.62. The van der Waals surface area contributed by atoms with E-state index in [0.717, 1.165) is 11.8 Å². The van der Waals surface area contributed by atoms with E-state index in [1.807, 2.05) is 0 Å². The fraction of sp³-hybridized carbons (Fsp3) is 0.0455. The number of nitrogens with zero attached hydrogens (tertiary/aromatic N) is 3. The lowest BCUT2D eigenvalue weighted by Gasteiger charge is -2.07. The fourth-order valence-corrected chi connectivity index (χ4v) is 4.22. The molecule has 0 bridgehead atoms. The molecule has 1 aliphatic rings. The monoisotopic (exact) mass is 483 g/mol. The van der Waals surface area contributed by atoms with Gasteiger partial charge in [0, 0.05) is 19.2 Å². The second-order valence-electron chi connectivity index (χ2n) is 6.81. The summed E-state index contributed by atoms with van der Waals surface area (Å²) in [7, 11) is 1.55. The van der Waals surface area contributed by atoms with Gasteiger partial charge in [0.1, 0.15) is 11.5 Å². The zero-order chi connectivity index (χ0) is 23.7. The van der Waals surface area contributed by atoms with Crippen molar-refractivity contribution >= 4 is 57.9 Å². The number of likely N-dealkylation sites (N-methyl/N-ethyl adjacent to an activating group) is 1. The number of aliphatic imine (C=N–C) groups is 1. The van der Waals surface area contributed by atoms with E-state index in [1.165, 1.54) is 29.2 Å². The molecule has 2 heterocycles. The minimum atomic E-state index is -1.18. The topological polar surface area (TPSA) is 126 Å². The SMILES string of the molecule is CN1C(=O)C(=Cc2ccc(-c3ccccc3[N+](=O)[O-])o2)SC1=Nc1ccc(Cl)c(C(=O)O)c1. The zero-order valence-electron chi connectivity index (χ0n) is 16.9. The molecule has 1 N–H and O–H groups in total. The van der Waals surface area contributed by atoms with Gasteiger partial charge in [0.2, 0.25) is 0 Å². The molecule has 1 aromatic heterocycles. The molecular weight excluding hydrogens is 470 g/mol. The van der Waals surface area contributed by atoms with Crippen molar-refractivity contribution in [1.29, 1.82) is 0 Å². The number of amidine groups is 1. The number of furan rings is 1. The summed E-state index contributed by atoms with van der Waals surface area (Å²) >= 11 is 6.98. The standard InChI is InChI=1S/C22H14ClN3O6S/c1-25-20(27)19(33-22(25)24-12-6-8-16(23)15(10-12)21(28)29)11-13-7-9-18(32-13)14-4-2-3-5-17(14)26(30)31/h2-11H,1H3,(H,28,29). The number of amides is 1. The molecule has 166 valence electrons. The molecule has 0 unspecified atom stereocenters. The van der Waals surface area contributed by atoms with Crippen LogP contribution in [0.25, 0.3) is 17.4 Å². The highest BCUT2D eigenvalue weighted by Gasteiger charge is 2.31. The average molecular weight is 484 g/mol. The summed E-state index contributed by atoms with van der Waals surface area (Å²) in [6.07, 6.45) is 1.52. The van der Waals surface area contributed by atoms with E-state index in [2.05, 4.69) is 4.99 Å². The number of halogens is 1. The quantitative estimate of drug-likeness (QED) is 0.291. The van der Waals surface area contributed by atoms with Crippen LogP contribution in [-0.4, -0.2) is 39.0 Å². The predicted octanol–water partition coefficient (Wildman–Crippen LogP) is 5.44. The van der Waals surface area contributed by atoms with Crippen LogP contribution in [0.2, 0.25) is 5.02 Å². The number of aromatic carboxylic acids is 1. The molecule has 1 fully saturated rings. The van der Waals surface area contributed by atoms with Crippen molar-refractivity contribution in [1.82, 2.24) is 4.90 Å². The van der Waals surface area contributed by atoms with Gasteiger partial charge in [0.05, 0.1) is 31.7 Å². The molecule has 0 saturated carbocycles.